The second-order valence-electron chi connectivity index (χ2n) is 6.17. The van der Waals surface area contributed by atoms with Crippen molar-refractivity contribution in [1.82, 2.24) is 25.8 Å². The van der Waals surface area contributed by atoms with Crippen molar-refractivity contribution in [2.75, 3.05) is 0 Å². The fraction of sp³-hybridized carbons (Fsp3) is 0.0952. The van der Waals surface area contributed by atoms with Crippen LogP contribution >= 0.6 is 10.1 Å². The van der Waals surface area contributed by atoms with Crippen LogP contribution in [-0.4, -0.2) is 38.2 Å². The number of nitrogens with zero attached hydrogens (tertiary/aromatic N) is 5. The van der Waals surface area contributed by atoms with E-state index in [0.29, 0.717) is 33.9 Å². The zero-order valence-corrected chi connectivity index (χ0v) is 18.9. The zero-order chi connectivity index (χ0) is 23.3. The number of amides is 2. The van der Waals surface area contributed by atoms with Crippen LogP contribution in [0, 0.1) is 0 Å². The van der Waals surface area contributed by atoms with Crippen molar-refractivity contribution in [3.63, 3.8) is 0 Å². The van der Waals surface area contributed by atoms with Crippen molar-refractivity contribution < 1.29 is 24.4 Å². The van der Waals surface area contributed by atoms with Gasteiger partial charge in [-0.3, -0.25) is 19.6 Å². The van der Waals surface area contributed by atoms with Crippen LogP contribution in [0.3, 0.4) is 0 Å². The third-order valence-electron chi connectivity index (χ3n) is 3.99. The molecular weight excluding hydrogens is 477 g/mol. The van der Waals surface area contributed by atoms with Crippen molar-refractivity contribution in [1.29, 1.82) is 0 Å². The first kappa shape index (κ1) is 24.8. The molecular formula is C21H19ClCoN7O2+. The van der Waals surface area contributed by atoms with E-state index in [9.17, 15) is 9.59 Å². The van der Waals surface area contributed by atoms with Gasteiger partial charge in [0.05, 0.1) is 33.9 Å². The number of carbonyl (C=O) groups is 2. The molecule has 0 saturated carbocycles. The van der Waals surface area contributed by atoms with Gasteiger partial charge in [0.25, 0.3) is 11.8 Å². The van der Waals surface area contributed by atoms with Crippen molar-refractivity contribution in [3.8, 4) is 0 Å². The summed E-state index contributed by atoms with van der Waals surface area (Å²) >= 11 is 3.03. The second-order valence-corrected chi connectivity index (χ2v) is 6.17. The summed E-state index contributed by atoms with van der Waals surface area (Å²) in [5, 5.41) is 8.19. The standard InChI is InChI=1S/C21H19N7O2.ClH.Co/c1-14(25-27-20(29)16-6-4-10-22-12-16)18-8-3-9-19(24-18)15(2)26-28-21(30)17-7-5-11-23-13-17;;/h3-13H,1-2H3,(H,27,29)(H,28,30);1H;/q;;+2/p-1. The molecule has 0 unspecified atom stereocenters. The Balaban J connectivity index is 0.00000176. The number of nitrogens with one attached hydrogen (secondary N) is 2. The number of halogens is 1. The molecule has 3 aromatic rings. The van der Waals surface area contributed by atoms with Gasteiger partial charge in [-0.05, 0) is 50.2 Å². The van der Waals surface area contributed by atoms with E-state index in [1.54, 1.807) is 68.7 Å². The van der Waals surface area contributed by atoms with Crippen molar-refractivity contribution in [2.24, 2.45) is 10.2 Å². The molecule has 0 aliphatic heterocycles. The van der Waals surface area contributed by atoms with Crippen molar-refractivity contribution in [3.05, 3.63) is 89.8 Å². The van der Waals surface area contributed by atoms with Gasteiger partial charge in [-0.1, -0.05) is 6.07 Å². The molecule has 11 heteroatoms. The van der Waals surface area contributed by atoms with Crippen LogP contribution in [0.2, 0.25) is 0 Å². The SMILES string of the molecule is CC(=NNC(=O)c1cccnc1)c1cccc(C(C)=NNC(=O)c2cccnc2)n1.[Cl][Co+]. The Bertz CT molecular complexity index is 1020. The molecule has 0 saturated heterocycles. The fourth-order valence-corrected chi connectivity index (χ4v) is 2.34. The molecule has 2 N–H and O–H groups in total. The summed E-state index contributed by atoms with van der Waals surface area (Å²) in [6.07, 6.45) is 6.09. The first-order chi connectivity index (χ1) is 15.5. The average Bonchev–Trinajstić information content (AvgIpc) is 2.87. The number of carbonyl (C=O) groups excluding carboxylic acids is 2. The van der Waals surface area contributed by atoms with E-state index in [4.69, 9.17) is 0 Å². The molecule has 3 aromatic heterocycles. The molecule has 0 bridgehead atoms. The number of rotatable bonds is 6. The van der Waals surface area contributed by atoms with E-state index < -0.39 is 0 Å². The summed E-state index contributed by atoms with van der Waals surface area (Å²) in [5.41, 5.74) is 7.93. The summed E-state index contributed by atoms with van der Waals surface area (Å²) in [6.45, 7) is 3.46. The first-order valence-corrected chi connectivity index (χ1v) is 10.6. The van der Waals surface area contributed by atoms with Gasteiger partial charge in [0.15, 0.2) is 0 Å². The van der Waals surface area contributed by atoms with Crippen LogP contribution in [0.4, 0.5) is 0 Å². The third kappa shape index (κ3) is 7.34. The Morgan fingerprint density at radius 3 is 1.59 bits per heavy atom. The van der Waals surface area contributed by atoms with Gasteiger partial charge in [-0.25, -0.2) is 15.8 Å². The summed E-state index contributed by atoms with van der Waals surface area (Å²) < 4.78 is 0. The molecule has 3 rings (SSSR count). The van der Waals surface area contributed by atoms with Crippen LogP contribution in [-0.2, 0) is 14.8 Å². The van der Waals surface area contributed by atoms with E-state index in [0.717, 1.165) is 0 Å². The van der Waals surface area contributed by atoms with Crippen molar-refractivity contribution >= 4 is 33.4 Å². The summed E-state index contributed by atoms with van der Waals surface area (Å²) in [7, 11) is 4.33. The molecule has 0 radical (unpaired) electrons. The minimum atomic E-state index is -0.366. The third-order valence-corrected chi connectivity index (χ3v) is 3.99. The first-order valence-electron chi connectivity index (χ1n) is 9.14. The second kappa shape index (κ2) is 13.0. The Kier molecular flexibility index (Phi) is 10.1. The topological polar surface area (TPSA) is 122 Å². The Labute approximate surface area is 197 Å². The summed E-state index contributed by atoms with van der Waals surface area (Å²) in [5.74, 6) is -0.732. The number of hydrogen-bond acceptors (Lipinski definition) is 7. The quantitative estimate of drug-likeness (QED) is 0.402. The van der Waals surface area contributed by atoms with E-state index in [2.05, 4.69) is 61.0 Å². The van der Waals surface area contributed by atoms with E-state index in [-0.39, 0.29) is 11.8 Å². The minimum absolute atomic E-state index is 0.366. The van der Waals surface area contributed by atoms with Crippen LogP contribution in [0.15, 0.2) is 77.5 Å². The van der Waals surface area contributed by atoms with E-state index in [1.165, 1.54) is 12.4 Å². The van der Waals surface area contributed by atoms with Gasteiger partial charge in [-0.15, -0.1) is 0 Å². The molecule has 0 aliphatic carbocycles. The molecule has 0 spiro atoms. The molecule has 32 heavy (non-hydrogen) atoms. The average molecular weight is 496 g/mol. The van der Waals surface area contributed by atoms with Crippen LogP contribution in [0.5, 0.6) is 0 Å². The molecule has 0 atom stereocenters. The maximum atomic E-state index is 12.1. The van der Waals surface area contributed by atoms with Crippen LogP contribution < -0.4 is 10.9 Å². The van der Waals surface area contributed by atoms with Crippen LogP contribution in [0.1, 0.15) is 46.0 Å². The molecule has 0 fully saturated rings. The molecule has 0 aliphatic rings. The number of hydrazone groups is 2. The molecule has 3 heterocycles. The van der Waals surface area contributed by atoms with E-state index >= 15 is 0 Å². The molecule has 0 aromatic carbocycles. The van der Waals surface area contributed by atoms with Gasteiger partial charge in [0.2, 0.25) is 0 Å². The molecule has 9 nitrogen and oxygen atoms in total. The van der Waals surface area contributed by atoms with Gasteiger partial charge < -0.3 is 0 Å². The van der Waals surface area contributed by atoms with Gasteiger partial charge >= 0.3 is 25.0 Å². The van der Waals surface area contributed by atoms with Gasteiger partial charge in [0.1, 0.15) is 0 Å². The van der Waals surface area contributed by atoms with Gasteiger partial charge in [-0.2, -0.15) is 10.2 Å². The van der Waals surface area contributed by atoms with Crippen molar-refractivity contribution in [2.45, 2.75) is 13.8 Å². The fourth-order valence-electron chi connectivity index (χ4n) is 2.34. The number of hydrogen-bond donors (Lipinski definition) is 2. The normalized spacial score (nSPS) is 11.1. The monoisotopic (exact) mass is 495 g/mol. The van der Waals surface area contributed by atoms with Gasteiger partial charge in [0, 0.05) is 24.8 Å². The molecule has 165 valence electrons. The van der Waals surface area contributed by atoms with Crippen LogP contribution in [0.25, 0.3) is 0 Å². The molecule has 2 amide bonds. The Morgan fingerprint density at radius 2 is 1.22 bits per heavy atom. The summed E-state index contributed by atoms with van der Waals surface area (Å²) in [6, 6.07) is 12.0. The Hall–Kier alpha value is -3.47. The summed E-state index contributed by atoms with van der Waals surface area (Å²) in [4.78, 5) is 36.4. The van der Waals surface area contributed by atoms with E-state index in [1.807, 2.05) is 0 Å². The number of pyridine rings is 3. The number of aromatic nitrogens is 3. The maximum absolute atomic E-state index is 12.1. The zero-order valence-electron chi connectivity index (χ0n) is 17.1. The predicted octanol–water partition coefficient (Wildman–Crippen LogP) is 2.87. The predicted molar refractivity (Wildman–Crippen MR) is 118 cm³/mol. The Morgan fingerprint density at radius 1 is 0.781 bits per heavy atom.